The summed E-state index contributed by atoms with van der Waals surface area (Å²) in [6.45, 7) is 5.16. The summed E-state index contributed by atoms with van der Waals surface area (Å²) in [5.74, 6) is -1.58. The summed E-state index contributed by atoms with van der Waals surface area (Å²) in [6, 6.07) is 17.1. The van der Waals surface area contributed by atoms with Crippen molar-refractivity contribution in [1.82, 2.24) is 10.6 Å². The predicted molar refractivity (Wildman–Crippen MR) is 125 cm³/mol. The molecule has 0 aliphatic carbocycles. The normalized spacial score (nSPS) is 16.8. The number of Topliss-reactive ketones (excluding diaryl/α,β-unsaturated/α-hetero) is 1. The SMILES string of the molecule is CC(C)(C)OC(=O)NC(Cc1ccccc1)C(=O)C1=C(O)C(CCc2ccccc2)NC1=O. The van der Waals surface area contributed by atoms with Crippen LogP contribution >= 0.6 is 0 Å². The zero-order chi connectivity index (χ0) is 24.0. The summed E-state index contributed by atoms with van der Waals surface area (Å²) < 4.78 is 5.30. The second-order valence-corrected chi connectivity index (χ2v) is 9.06. The van der Waals surface area contributed by atoms with Gasteiger partial charge in [0.2, 0.25) is 0 Å². The van der Waals surface area contributed by atoms with Gasteiger partial charge >= 0.3 is 6.09 Å². The fraction of sp³-hybridized carbons (Fsp3) is 0.346. The first-order valence-corrected chi connectivity index (χ1v) is 11.0. The van der Waals surface area contributed by atoms with Gasteiger partial charge in [-0.3, -0.25) is 9.59 Å². The molecule has 2 aromatic carbocycles. The Hall–Kier alpha value is -3.61. The van der Waals surface area contributed by atoms with Crippen LogP contribution in [0.5, 0.6) is 0 Å². The van der Waals surface area contributed by atoms with Gasteiger partial charge in [-0.2, -0.15) is 0 Å². The Balaban J connectivity index is 1.79. The van der Waals surface area contributed by atoms with Crippen molar-refractivity contribution in [2.24, 2.45) is 0 Å². The number of amides is 2. The number of ether oxygens (including phenoxy) is 1. The highest BCUT2D eigenvalue weighted by Gasteiger charge is 2.39. The van der Waals surface area contributed by atoms with Crippen molar-refractivity contribution < 1.29 is 24.2 Å². The van der Waals surface area contributed by atoms with Crippen molar-refractivity contribution in [3.8, 4) is 0 Å². The van der Waals surface area contributed by atoms with E-state index in [1.165, 1.54) is 0 Å². The minimum absolute atomic E-state index is 0.150. The van der Waals surface area contributed by atoms with Crippen LogP contribution in [0.15, 0.2) is 72.0 Å². The number of carbonyl (C=O) groups is 3. The quantitative estimate of drug-likeness (QED) is 0.533. The van der Waals surface area contributed by atoms with E-state index >= 15 is 0 Å². The van der Waals surface area contributed by atoms with E-state index in [0.717, 1.165) is 11.1 Å². The zero-order valence-electron chi connectivity index (χ0n) is 19.1. The molecule has 2 amide bonds. The molecular weight excluding hydrogens is 420 g/mol. The molecule has 3 rings (SSSR count). The monoisotopic (exact) mass is 450 g/mol. The highest BCUT2D eigenvalue weighted by Crippen LogP contribution is 2.22. The van der Waals surface area contributed by atoms with Crippen molar-refractivity contribution in [2.45, 2.75) is 57.7 Å². The maximum atomic E-state index is 13.3. The molecule has 2 atom stereocenters. The molecule has 174 valence electrons. The Bertz CT molecular complexity index is 1030. The third-order valence-electron chi connectivity index (χ3n) is 5.22. The molecule has 2 aromatic rings. The lowest BCUT2D eigenvalue weighted by atomic mass is 9.96. The fourth-order valence-corrected chi connectivity index (χ4v) is 3.68. The van der Waals surface area contributed by atoms with Crippen LogP contribution < -0.4 is 10.6 Å². The molecule has 0 saturated heterocycles. The van der Waals surface area contributed by atoms with Crippen molar-refractivity contribution in [2.75, 3.05) is 0 Å². The lowest BCUT2D eigenvalue weighted by Gasteiger charge is -2.23. The summed E-state index contributed by atoms with van der Waals surface area (Å²) in [4.78, 5) is 38.4. The van der Waals surface area contributed by atoms with Crippen LogP contribution in [0, 0.1) is 0 Å². The maximum Gasteiger partial charge on any atom is 0.408 e. The number of ketones is 1. The lowest BCUT2D eigenvalue weighted by molar-refractivity contribution is -0.123. The van der Waals surface area contributed by atoms with Gasteiger partial charge in [-0.25, -0.2) is 4.79 Å². The van der Waals surface area contributed by atoms with E-state index in [4.69, 9.17) is 4.74 Å². The molecule has 0 radical (unpaired) electrons. The largest absolute Gasteiger partial charge is 0.509 e. The molecule has 3 N–H and O–H groups in total. The van der Waals surface area contributed by atoms with Crippen molar-refractivity contribution >= 4 is 17.8 Å². The van der Waals surface area contributed by atoms with Crippen molar-refractivity contribution in [3.63, 3.8) is 0 Å². The van der Waals surface area contributed by atoms with Gasteiger partial charge in [0, 0.05) is 6.42 Å². The Morgan fingerprint density at radius 1 is 1.03 bits per heavy atom. The van der Waals surface area contributed by atoms with Crippen molar-refractivity contribution in [1.29, 1.82) is 0 Å². The number of nitrogens with one attached hydrogen (secondary N) is 2. The molecule has 0 bridgehead atoms. The third kappa shape index (κ3) is 6.68. The van der Waals surface area contributed by atoms with Crippen LogP contribution in [0.4, 0.5) is 4.79 Å². The summed E-state index contributed by atoms with van der Waals surface area (Å²) in [5, 5.41) is 16.0. The summed E-state index contributed by atoms with van der Waals surface area (Å²) in [6.07, 6.45) is 0.454. The van der Waals surface area contributed by atoms with Crippen molar-refractivity contribution in [3.05, 3.63) is 83.1 Å². The van der Waals surface area contributed by atoms with E-state index in [1.807, 2.05) is 60.7 Å². The molecule has 0 aromatic heterocycles. The molecule has 7 heteroatoms. The maximum absolute atomic E-state index is 13.3. The van der Waals surface area contributed by atoms with Gasteiger partial charge < -0.3 is 20.5 Å². The first kappa shape index (κ1) is 24.0. The minimum atomic E-state index is -1.07. The van der Waals surface area contributed by atoms with Crippen LogP contribution in [0.1, 0.15) is 38.3 Å². The van der Waals surface area contributed by atoms with E-state index in [9.17, 15) is 19.5 Å². The van der Waals surface area contributed by atoms with E-state index in [2.05, 4.69) is 10.6 Å². The molecule has 7 nitrogen and oxygen atoms in total. The molecule has 1 aliphatic heterocycles. The lowest BCUT2D eigenvalue weighted by Crippen LogP contribution is -2.46. The van der Waals surface area contributed by atoms with E-state index in [0.29, 0.717) is 12.8 Å². The molecule has 1 heterocycles. The Labute approximate surface area is 193 Å². The zero-order valence-corrected chi connectivity index (χ0v) is 19.1. The number of rotatable bonds is 8. The van der Waals surface area contributed by atoms with E-state index < -0.39 is 35.5 Å². The molecule has 2 unspecified atom stereocenters. The van der Waals surface area contributed by atoms with Crippen LogP contribution in [-0.4, -0.2) is 40.6 Å². The third-order valence-corrected chi connectivity index (χ3v) is 5.22. The Morgan fingerprint density at radius 3 is 2.18 bits per heavy atom. The summed E-state index contributed by atoms with van der Waals surface area (Å²) >= 11 is 0. The van der Waals surface area contributed by atoms with Crippen LogP contribution in [0.25, 0.3) is 0 Å². The molecule has 0 saturated carbocycles. The number of aliphatic hydroxyl groups excluding tert-OH is 1. The van der Waals surface area contributed by atoms with Crippen LogP contribution in [-0.2, 0) is 27.2 Å². The van der Waals surface area contributed by atoms with E-state index in [1.54, 1.807) is 20.8 Å². The standard InChI is InChI=1S/C26H30N2O5/c1-26(2,3)33-25(32)28-20(16-18-12-8-5-9-13-18)23(30)21-22(29)19(27-24(21)31)15-14-17-10-6-4-7-11-17/h4-13,19-20,29H,14-16H2,1-3H3,(H,27,31)(H,28,32). The van der Waals surface area contributed by atoms with Crippen LogP contribution in [0.2, 0.25) is 0 Å². The number of carbonyl (C=O) groups excluding carboxylic acids is 3. The van der Waals surface area contributed by atoms with Gasteiger partial charge in [-0.05, 0) is 44.7 Å². The number of aryl methyl sites for hydroxylation is 1. The number of hydrogen-bond acceptors (Lipinski definition) is 5. The second kappa shape index (κ2) is 10.3. The molecule has 33 heavy (non-hydrogen) atoms. The second-order valence-electron chi connectivity index (χ2n) is 9.06. The van der Waals surface area contributed by atoms with Gasteiger partial charge in [0.15, 0.2) is 5.78 Å². The average molecular weight is 451 g/mol. The highest BCUT2D eigenvalue weighted by atomic mass is 16.6. The average Bonchev–Trinajstić information content (AvgIpc) is 3.04. The fourth-order valence-electron chi connectivity index (χ4n) is 3.68. The Kier molecular flexibility index (Phi) is 7.53. The molecule has 0 fully saturated rings. The minimum Gasteiger partial charge on any atom is -0.509 e. The smallest absolute Gasteiger partial charge is 0.408 e. The van der Waals surface area contributed by atoms with Gasteiger partial charge in [0.1, 0.15) is 16.9 Å². The number of benzene rings is 2. The first-order chi connectivity index (χ1) is 15.6. The van der Waals surface area contributed by atoms with E-state index in [-0.39, 0.29) is 17.8 Å². The Morgan fingerprint density at radius 2 is 1.61 bits per heavy atom. The van der Waals surface area contributed by atoms with Gasteiger partial charge in [-0.1, -0.05) is 60.7 Å². The van der Waals surface area contributed by atoms with Gasteiger partial charge in [-0.15, -0.1) is 0 Å². The number of hydrogen-bond donors (Lipinski definition) is 3. The molecular formula is C26H30N2O5. The summed E-state index contributed by atoms with van der Waals surface area (Å²) in [7, 11) is 0. The topological polar surface area (TPSA) is 105 Å². The van der Waals surface area contributed by atoms with Gasteiger partial charge in [0.25, 0.3) is 5.91 Å². The van der Waals surface area contributed by atoms with Crippen LogP contribution in [0.3, 0.4) is 0 Å². The number of aliphatic hydroxyl groups is 1. The molecule has 0 spiro atoms. The number of alkyl carbamates (subject to hydrolysis) is 1. The van der Waals surface area contributed by atoms with Gasteiger partial charge in [0.05, 0.1) is 12.1 Å². The molecule has 1 aliphatic rings. The first-order valence-electron chi connectivity index (χ1n) is 11.0. The highest BCUT2D eigenvalue weighted by molar-refractivity contribution is 6.23. The predicted octanol–water partition coefficient (Wildman–Crippen LogP) is 3.63. The summed E-state index contributed by atoms with van der Waals surface area (Å²) in [5.41, 5.74) is 0.794.